The number of para-hydroxylation sites is 3. The van der Waals surface area contributed by atoms with Gasteiger partial charge in [-0.05, 0) is 121 Å². The van der Waals surface area contributed by atoms with E-state index in [-0.39, 0.29) is 6.71 Å². The van der Waals surface area contributed by atoms with Gasteiger partial charge in [0.25, 0.3) is 6.71 Å². The first-order valence-corrected chi connectivity index (χ1v) is 18.9. The molecule has 0 bridgehead atoms. The molecule has 0 spiro atoms. The second-order valence-corrected chi connectivity index (χ2v) is 14.4. The molecule has 5 heteroatoms. The maximum Gasteiger partial charge on any atom is 0.256 e. The molecule has 8 aromatic rings. The van der Waals surface area contributed by atoms with Crippen molar-refractivity contribution in [3.05, 3.63) is 205 Å². The predicted molar refractivity (Wildman–Crippen MR) is 231 cm³/mol. The summed E-state index contributed by atoms with van der Waals surface area (Å²) in [6, 6.07) is 69.6. The molecule has 2 aliphatic rings. The van der Waals surface area contributed by atoms with Crippen LogP contribution in [-0.2, 0) is 0 Å². The largest absolute Gasteiger partial charge is 0.458 e. The summed E-state index contributed by atoms with van der Waals surface area (Å²) in [5.41, 5.74) is 16.0. The van der Waals surface area contributed by atoms with Crippen molar-refractivity contribution in [2.75, 3.05) is 14.7 Å². The van der Waals surface area contributed by atoms with E-state index in [2.05, 4.69) is 223 Å². The van der Waals surface area contributed by atoms with Gasteiger partial charge in [0.1, 0.15) is 11.5 Å². The van der Waals surface area contributed by atoms with E-state index in [0.717, 1.165) is 68.1 Å². The molecule has 2 heterocycles. The average Bonchev–Trinajstić information content (AvgIpc) is 3.23. The topological polar surface area (TPSA) is 19.0 Å². The quantitative estimate of drug-likeness (QED) is 0.154. The molecule has 0 aromatic heterocycles. The number of nitrogens with zero attached hydrogens (tertiary/aromatic N) is 3. The smallest absolute Gasteiger partial charge is 0.256 e. The molecule has 0 atom stereocenters. The SMILES string of the molecule is Cc1ccc(N(c2ccc(C)cc2)c2ccc3c(c2)Oc2cccc4c2B3c2ccc(N(c3ccccc3)c3ccccc3)cc2N4c2ccccc2)cc1. The Bertz CT molecular complexity index is 2560. The predicted octanol–water partition coefficient (Wildman–Crippen LogP) is 11.6. The van der Waals surface area contributed by atoms with E-state index >= 15 is 0 Å². The maximum absolute atomic E-state index is 6.94. The summed E-state index contributed by atoms with van der Waals surface area (Å²) in [6.07, 6.45) is 0. The number of hydrogen-bond donors (Lipinski definition) is 0. The fraction of sp³-hybridized carbons (Fsp3) is 0.0400. The van der Waals surface area contributed by atoms with Crippen LogP contribution in [0.25, 0.3) is 0 Å². The number of hydrogen-bond acceptors (Lipinski definition) is 4. The highest BCUT2D eigenvalue weighted by atomic mass is 16.5. The third-order valence-corrected chi connectivity index (χ3v) is 10.8. The molecule has 0 N–H and O–H groups in total. The number of ether oxygens (including phenoxy) is 1. The normalized spacial score (nSPS) is 12.3. The molecule has 0 amide bonds. The summed E-state index contributed by atoms with van der Waals surface area (Å²) < 4.78 is 6.94. The minimum absolute atomic E-state index is 0.0258. The van der Waals surface area contributed by atoms with E-state index in [1.807, 2.05) is 0 Å². The van der Waals surface area contributed by atoms with Crippen LogP contribution in [0, 0.1) is 13.8 Å². The Kier molecular flexibility index (Phi) is 7.99. The summed E-state index contributed by atoms with van der Waals surface area (Å²) >= 11 is 0. The highest BCUT2D eigenvalue weighted by Crippen LogP contribution is 2.44. The molecule has 2 aliphatic heterocycles. The van der Waals surface area contributed by atoms with Crippen LogP contribution in [0.3, 0.4) is 0 Å². The first-order chi connectivity index (χ1) is 27.1. The highest BCUT2D eigenvalue weighted by molar-refractivity contribution is 6.99. The molecular weight excluding hydrogens is 669 g/mol. The fourth-order valence-electron chi connectivity index (χ4n) is 8.22. The molecule has 10 rings (SSSR count). The zero-order chi connectivity index (χ0) is 36.9. The third kappa shape index (κ3) is 5.73. The van der Waals surface area contributed by atoms with E-state index in [0.29, 0.717) is 0 Å². The summed E-state index contributed by atoms with van der Waals surface area (Å²) in [4.78, 5) is 7.06. The standard InChI is InChI=1S/C50H38BN3O/c1-35-21-25-40(26-22-35)53(41-27-23-36(2)24-28-41)43-30-32-45-49(34-43)55-48-20-12-19-46-50(48)51(45)44-31-29-42(33-47(44)54(46)39-17-10-5-11-18-39)52(37-13-6-3-7-14-37)38-15-8-4-9-16-38/h3-34H,1-2H3. The molecule has 0 unspecified atom stereocenters. The lowest BCUT2D eigenvalue weighted by atomic mass is 9.34. The molecule has 4 nitrogen and oxygen atoms in total. The number of anilines is 9. The van der Waals surface area contributed by atoms with Crippen LogP contribution in [0.4, 0.5) is 51.2 Å². The van der Waals surface area contributed by atoms with Gasteiger partial charge in [0.05, 0.1) is 0 Å². The lowest BCUT2D eigenvalue weighted by Crippen LogP contribution is -2.59. The summed E-state index contributed by atoms with van der Waals surface area (Å²) in [7, 11) is 0. The number of aryl methyl sites for hydroxylation is 2. The van der Waals surface area contributed by atoms with E-state index in [4.69, 9.17) is 4.74 Å². The third-order valence-electron chi connectivity index (χ3n) is 10.8. The maximum atomic E-state index is 6.94. The van der Waals surface area contributed by atoms with E-state index in [1.165, 1.54) is 22.1 Å². The molecule has 0 saturated heterocycles. The van der Waals surface area contributed by atoms with Crippen molar-refractivity contribution in [3.63, 3.8) is 0 Å². The Labute approximate surface area is 323 Å². The number of rotatable bonds is 7. The molecular formula is C50H38BN3O. The Morgan fingerprint density at radius 3 is 1.47 bits per heavy atom. The average molecular weight is 708 g/mol. The van der Waals surface area contributed by atoms with Gasteiger partial charge in [-0.25, -0.2) is 0 Å². The van der Waals surface area contributed by atoms with Crippen LogP contribution >= 0.6 is 0 Å². The van der Waals surface area contributed by atoms with Crippen LogP contribution in [-0.4, -0.2) is 6.71 Å². The molecule has 0 saturated carbocycles. The van der Waals surface area contributed by atoms with Crippen molar-refractivity contribution in [1.82, 2.24) is 0 Å². The monoisotopic (exact) mass is 707 g/mol. The lowest BCUT2D eigenvalue weighted by molar-refractivity contribution is 0.487. The first-order valence-electron chi connectivity index (χ1n) is 18.9. The zero-order valence-electron chi connectivity index (χ0n) is 30.8. The van der Waals surface area contributed by atoms with Crippen molar-refractivity contribution in [2.45, 2.75) is 13.8 Å². The van der Waals surface area contributed by atoms with Gasteiger partial charge in [0.15, 0.2) is 0 Å². The van der Waals surface area contributed by atoms with Gasteiger partial charge >= 0.3 is 0 Å². The van der Waals surface area contributed by atoms with Gasteiger partial charge in [-0.1, -0.05) is 108 Å². The minimum atomic E-state index is -0.0258. The Morgan fingerprint density at radius 1 is 0.400 bits per heavy atom. The second-order valence-electron chi connectivity index (χ2n) is 14.4. The second kappa shape index (κ2) is 13.5. The first kappa shape index (κ1) is 32.7. The summed E-state index contributed by atoms with van der Waals surface area (Å²) in [5.74, 6) is 1.75. The summed E-state index contributed by atoms with van der Waals surface area (Å²) in [5, 5.41) is 0. The van der Waals surface area contributed by atoms with Gasteiger partial charge in [0.2, 0.25) is 0 Å². The van der Waals surface area contributed by atoms with Crippen LogP contribution < -0.4 is 35.8 Å². The van der Waals surface area contributed by atoms with Crippen LogP contribution in [0.2, 0.25) is 0 Å². The zero-order valence-corrected chi connectivity index (χ0v) is 30.8. The molecule has 0 radical (unpaired) electrons. The minimum Gasteiger partial charge on any atom is -0.458 e. The fourth-order valence-corrected chi connectivity index (χ4v) is 8.22. The van der Waals surface area contributed by atoms with E-state index < -0.39 is 0 Å². The van der Waals surface area contributed by atoms with Gasteiger partial charge in [-0.15, -0.1) is 0 Å². The summed E-state index contributed by atoms with van der Waals surface area (Å²) in [6.45, 7) is 4.23. The molecule has 8 aromatic carbocycles. The van der Waals surface area contributed by atoms with Crippen LogP contribution in [0.1, 0.15) is 11.1 Å². The van der Waals surface area contributed by atoms with Crippen molar-refractivity contribution >= 4 is 74.3 Å². The van der Waals surface area contributed by atoms with Gasteiger partial charge in [-0.2, -0.15) is 0 Å². The van der Waals surface area contributed by atoms with Crippen molar-refractivity contribution in [3.8, 4) is 11.5 Å². The lowest BCUT2D eigenvalue weighted by Gasteiger charge is -2.40. The Morgan fingerprint density at radius 2 is 0.891 bits per heavy atom. The molecule has 0 fully saturated rings. The van der Waals surface area contributed by atoms with Crippen molar-refractivity contribution < 1.29 is 4.74 Å². The van der Waals surface area contributed by atoms with Crippen LogP contribution in [0.5, 0.6) is 11.5 Å². The van der Waals surface area contributed by atoms with Crippen molar-refractivity contribution in [1.29, 1.82) is 0 Å². The molecule has 262 valence electrons. The number of fused-ring (bicyclic) bond motifs is 4. The highest BCUT2D eigenvalue weighted by Gasteiger charge is 2.42. The van der Waals surface area contributed by atoms with Crippen LogP contribution in [0.15, 0.2) is 194 Å². The Hall–Kier alpha value is -6.98. The molecule has 0 aliphatic carbocycles. The number of benzene rings is 8. The molecule has 55 heavy (non-hydrogen) atoms. The Balaban J connectivity index is 1.16. The van der Waals surface area contributed by atoms with Crippen molar-refractivity contribution in [2.24, 2.45) is 0 Å². The van der Waals surface area contributed by atoms with Gasteiger partial charge in [-0.3, -0.25) is 0 Å². The van der Waals surface area contributed by atoms with Gasteiger partial charge in [0, 0.05) is 57.3 Å². The van der Waals surface area contributed by atoms with E-state index in [1.54, 1.807) is 0 Å². The van der Waals surface area contributed by atoms with Gasteiger partial charge < -0.3 is 19.4 Å². The van der Waals surface area contributed by atoms with E-state index in [9.17, 15) is 0 Å².